The van der Waals surface area contributed by atoms with Gasteiger partial charge < -0.3 is 5.32 Å². The number of Topliss-reactive ketones (excluding diaryl/α,β-unsaturated/α-hetero) is 1. The largest absolute Gasteiger partial charge is 0.384 e. The minimum absolute atomic E-state index is 0. The number of halogens is 1. The number of unbranched alkanes of at least 4 members (excludes halogenated alkanes) is 13. The fourth-order valence-electron chi connectivity index (χ4n) is 5.45. The molecule has 0 spiro atoms. The van der Waals surface area contributed by atoms with E-state index in [0.29, 0.717) is 6.42 Å². The van der Waals surface area contributed by atoms with Crippen LogP contribution in [0.1, 0.15) is 133 Å². The Balaban J connectivity index is 0.00000432. The van der Waals surface area contributed by atoms with Gasteiger partial charge in [-0.1, -0.05) is 122 Å². The van der Waals surface area contributed by atoms with E-state index in [2.05, 4.69) is 38.2 Å². The summed E-state index contributed by atoms with van der Waals surface area (Å²) in [6.45, 7) is 7.56. The van der Waals surface area contributed by atoms with Gasteiger partial charge in [0.25, 0.3) is 0 Å². The van der Waals surface area contributed by atoms with Gasteiger partial charge in [-0.25, -0.2) is 0 Å². The molecule has 0 radical (unpaired) electrons. The normalized spacial score (nSPS) is 14.5. The minimum atomic E-state index is -0.00849. The second-order valence-electron chi connectivity index (χ2n) is 11.3. The van der Waals surface area contributed by atoms with E-state index in [0.717, 1.165) is 47.2 Å². The van der Waals surface area contributed by atoms with Crippen LogP contribution in [-0.2, 0) is 6.42 Å². The number of nitrogens with one attached hydrogen (secondary N) is 1. The summed E-state index contributed by atoms with van der Waals surface area (Å²) >= 11 is 0. The second kappa shape index (κ2) is 15.5. The van der Waals surface area contributed by atoms with E-state index in [4.69, 9.17) is 4.98 Å². The molecular weight excluding hydrogens is 452 g/mol. The smallest absolute Gasteiger partial charge is 0.167 e. The standard InChI is InChI=1S/C31H48N2O.ClH/c1-4-5-6-7-8-9-10-11-12-13-14-15-16-19-22-32-30-25-20-17-18-21-26(25)33-27-23-31(2,3)24-28(34)29(27)30;/h17-18,20-21H,4-16,19,22-24H2,1-3H3,(H,32,33);1H. The van der Waals surface area contributed by atoms with Crippen LogP contribution in [0.5, 0.6) is 0 Å². The third kappa shape index (κ3) is 9.41. The van der Waals surface area contributed by atoms with Crippen LogP contribution in [0.3, 0.4) is 0 Å². The highest BCUT2D eigenvalue weighted by Crippen LogP contribution is 2.39. The molecule has 4 heteroatoms. The number of hydrogen-bond acceptors (Lipinski definition) is 3. The Morgan fingerprint density at radius 3 is 1.94 bits per heavy atom. The highest BCUT2D eigenvalue weighted by molar-refractivity contribution is 6.10. The average Bonchev–Trinajstić information content (AvgIpc) is 2.80. The molecule has 3 rings (SSSR count). The average molecular weight is 501 g/mol. The lowest BCUT2D eigenvalue weighted by Crippen LogP contribution is -2.29. The molecule has 3 nitrogen and oxygen atoms in total. The van der Waals surface area contributed by atoms with Gasteiger partial charge in [0.05, 0.1) is 22.5 Å². The SMILES string of the molecule is CCCCCCCCCCCCCCCCNc1c2c(nc3ccccc13)CC(C)(C)CC2=O.Cl. The molecule has 2 aromatic rings. The van der Waals surface area contributed by atoms with Crippen LogP contribution in [0.2, 0.25) is 0 Å². The number of anilines is 1. The zero-order valence-electron chi connectivity index (χ0n) is 22.6. The molecule has 1 N–H and O–H groups in total. The molecule has 0 saturated carbocycles. The summed E-state index contributed by atoms with van der Waals surface area (Å²) in [5, 5.41) is 4.74. The lowest BCUT2D eigenvalue weighted by atomic mass is 9.75. The van der Waals surface area contributed by atoms with Crippen molar-refractivity contribution in [3.63, 3.8) is 0 Å². The third-order valence-corrected chi connectivity index (χ3v) is 7.36. The maximum Gasteiger partial charge on any atom is 0.167 e. The molecule has 1 aromatic heterocycles. The maximum absolute atomic E-state index is 13.0. The fourth-order valence-corrected chi connectivity index (χ4v) is 5.45. The molecule has 1 aromatic carbocycles. The first kappa shape index (κ1) is 29.6. The van der Waals surface area contributed by atoms with E-state index >= 15 is 0 Å². The first-order valence-electron chi connectivity index (χ1n) is 14.2. The van der Waals surface area contributed by atoms with E-state index in [9.17, 15) is 4.79 Å². The number of carbonyl (C=O) groups is 1. The number of ketones is 1. The van der Waals surface area contributed by atoms with Crippen molar-refractivity contribution in [2.24, 2.45) is 5.41 Å². The van der Waals surface area contributed by atoms with Gasteiger partial charge in [0.1, 0.15) is 0 Å². The van der Waals surface area contributed by atoms with Crippen LogP contribution < -0.4 is 5.32 Å². The summed E-state index contributed by atoms with van der Waals surface area (Å²) < 4.78 is 0. The van der Waals surface area contributed by atoms with Crippen molar-refractivity contribution in [2.75, 3.05) is 11.9 Å². The Labute approximate surface area is 220 Å². The molecule has 0 amide bonds. The molecule has 196 valence electrons. The van der Waals surface area contributed by atoms with Crippen molar-refractivity contribution < 1.29 is 4.79 Å². The van der Waals surface area contributed by atoms with Gasteiger partial charge in [-0.3, -0.25) is 9.78 Å². The maximum atomic E-state index is 13.0. The van der Waals surface area contributed by atoms with Crippen LogP contribution in [-0.4, -0.2) is 17.3 Å². The summed E-state index contributed by atoms with van der Waals surface area (Å²) in [7, 11) is 0. The Morgan fingerprint density at radius 2 is 1.34 bits per heavy atom. The topological polar surface area (TPSA) is 42.0 Å². The predicted octanol–water partition coefficient (Wildman–Crippen LogP) is 9.70. The molecule has 0 atom stereocenters. The zero-order chi connectivity index (χ0) is 24.2. The molecule has 0 saturated heterocycles. The molecule has 0 fully saturated rings. The summed E-state index contributed by atoms with van der Waals surface area (Å²) in [4.78, 5) is 17.9. The van der Waals surface area contributed by atoms with E-state index in [1.165, 1.54) is 83.5 Å². The molecule has 1 aliphatic carbocycles. The van der Waals surface area contributed by atoms with Crippen LogP contribution >= 0.6 is 12.4 Å². The zero-order valence-corrected chi connectivity index (χ0v) is 23.4. The number of nitrogens with zero attached hydrogens (tertiary/aromatic N) is 1. The third-order valence-electron chi connectivity index (χ3n) is 7.36. The second-order valence-corrected chi connectivity index (χ2v) is 11.3. The van der Waals surface area contributed by atoms with Crippen molar-refractivity contribution >= 4 is 34.8 Å². The van der Waals surface area contributed by atoms with Crippen molar-refractivity contribution in [3.05, 3.63) is 35.5 Å². The minimum Gasteiger partial charge on any atom is -0.384 e. The van der Waals surface area contributed by atoms with Crippen molar-refractivity contribution in [2.45, 2.75) is 124 Å². The molecule has 0 aliphatic heterocycles. The van der Waals surface area contributed by atoms with E-state index < -0.39 is 0 Å². The van der Waals surface area contributed by atoms with Gasteiger partial charge in [-0.05, 0) is 24.3 Å². The summed E-state index contributed by atoms with van der Waals surface area (Å²) in [5.41, 5.74) is 3.84. The number of pyridine rings is 1. The van der Waals surface area contributed by atoms with Crippen molar-refractivity contribution in [1.82, 2.24) is 4.98 Å². The monoisotopic (exact) mass is 500 g/mol. The van der Waals surface area contributed by atoms with Crippen molar-refractivity contribution in [1.29, 1.82) is 0 Å². The lowest BCUT2D eigenvalue weighted by molar-refractivity contribution is 0.0911. The van der Waals surface area contributed by atoms with Gasteiger partial charge in [-0.2, -0.15) is 0 Å². The highest BCUT2D eigenvalue weighted by Gasteiger charge is 2.34. The first-order chi connectivity index (χ1) is 16.5. The summed E-state index contributed by atoms with van der Waals surface area (Å²) in [6.07, 6.45) is 20.7. The van der Waals surface area contributed by atoms with Gasteiger partial charge in [0.15, 0.2) is 5.78 Å². The number of aromatic nitrogens is 1. The Kier molecular flexibility index (Phi) is 13.1. The number of para-hydroxylation sites is 1. The number of fused-ring (bicyclic) bond motifs is 2. The quantitative estimate of drug-likeness (QED) is 0.233. The van der Waals surface area contributed by atoms with Gasteiger partial charge in [0, 0.05) is 18.4 Å². The molecule has 0 unspecified atom stereocenters. The van der Waals surface area contributed by atoms with Gasteiger partial charge >= 0.3 is 0 Å². The molecule has 1 heterocycles. The number of carbonyl (C=O) groups excluding carboxylic acids is 1. The Hall–Kier alpha value is -1.61. The molecular formula is C31H49ClN2O. The van der Waals surface area contributed by atoms with Crippen LogP contribution in [0.4, 0.5) is 5.69 Å². The number of benzene rings is 1. The van der Waals surface area contributed by atoms with Gasteiger partial charge in [-0.15, -0.1) is 12.4 Å². The summed E-state index contributed by atoms with van der Waals surface area (Å²) in [5.74, 6) is 0.243. The van der Waals surface area contributed by atoms with E-state index in [1.54, 1.807) is 0 Å². The van der Waals surface area contributed by atoms with Crippen LogP contribution in [0.15, 0.2) is 24.3 Å². The molecule has 0 bridgehead atoms. The summed E-state index contributed by atoms with van der Waals surface area (Å²) in [6, 6.07) is 8.25. The van der Waals surface area contributed by atoms with Gasteiger partial charge in [0.2, 0.25) is 0 Å². The highest BCUT2D eigenvalue weighted by atomic mass is 35.5. The fraction of sp³-hybridized carbons (Fsp3) is 0.677. The lowest BCUT2D eigenvalue weighted by Gasteiger charge is -2.31. The molecule has 1 aliphatic rings. The number of rotatable bonds is 16. The Bertz CT molecular complexity index is 908. The number of hydrogen-bond donors (Lipinski definition) is 1. The predicted molar refractivity (Wildman–Crippen MR) is 154 cm³/mol. The van der Waals surface area contributed by atoms with Crippen LogP contribution in [0.25, 0.3) is 10.9 Å². The Morgan fingerprint density at radius 1 is 0.800 bits per heavy atom. The van der Waals surface area contributed by atoms with Crippen molar-refractivity contribution in [3.8, 4) is 0 Å². The van der Waals surface area contributed by atoms with E-state index in [-0.39, 0.29) is 23.6 Å². The van der Waals surface area contributed by atoms with Crippen LogP contribution in [0, 0.1) is 5.41 Å². The first-order valence-corrected chi connectivity index (χ1v) is 14.2. The van der Waals surface area contributed by atoms with E-state index in [1.807, 2.05) is 12.1 Å². The molecule has 35 heavy (non-hydrogen) atoms.